The van der Waals surface area contributed by atoms with Crippen molar-refractivity contribution in [2.45, 2.75) is 121 Å². The minimum absolute atomic E-state index is 0.0148. The number of imide groups is 1. The van der Waals surface area contributed by atoms with E-state index in [1.54, 1.807) is 73.8 Å². The number of nitrogens with one attached hydrogen (secondary N) is 1. The predicted octanol–water partition coefficient (Wildman–Crippen LogP) is 7.82. The van der Waals surface area contributed by atoms with Gasteiger partial charge < -0.3 is 24.4 Å². The maximum Gasteiger partial charge on any atom is 0.359 e. The summed E-state index contributed by atoms with van der Waals surface area (Å²) in [6, 6.07) is 3.20. The summed E-state index contributed by atoms with van der Waals surface area (Å²) in [7, 11) is 5.93. The zero-order valence-corrected chi connectivity index (χ0v) is 44.2. The molecule has 23 heteroatoms. The number of hydrogen-bond donors (Lipinski definition) is 1. The Kier molecular flexibility index (Phi) is 24.5. The number of nitrogens with zero attached hydrogens (tertiary/aromatic N) is 5. The number of unbranched alkanes of at least 4 members (excludes halogenated alkanes) is 2. The molecule has 3 amide bonds. The zero-order valence-electron chi connectivity index (χ0n) is 38.6. The topological polar surface area (TPSA) is 215 Å². The van der Waals surface area contributed by atoms with Crippen LogP contribution in [0.3, 0.4) is 0 Å². The molecule has 1 aliphatic rings. The smallest absolute Gasteiger partial charge is 0.359 e. The Labute approximate surface area is 415 Å². The van der Waals surface area contributed by atoms with Gasteiger partial charge >= 0.3 is 23.9 Å². The zero-order chi connectivity index (χ0) is 48.9. The van der Waals surface area contributed by atoms with Crippen molar-refractivity contribution >= 4 is 112 Å². The van der Waals surface area contributed by atoms with Crippen molar-refractivity contribution in [3.63, 3.8) is 0 Å². The fraction of sp³-hybridized carbons (Fsp3) is 0.628. The quantitative estimate of drug-likeness (QED) is 0.0145. The first kappa shape index (κ1) is 57.1. The molecule has 1 aliphatic heterocycles. The molecular formula is C43H61BrN6O11S5. The Balaban J connectivity index is 1.49. The summed E-state index contributed by atoms with van der Waals surface area (Å²) in [4.78, 5) is 99.5. The first-order valence-corrected chi connectivity index (χ1v) is 28.1. The number of aryl methyl sites for hydroxylation is 1. The van der Waals surface area contributed by atoms with Crippen molar-refractivity contribution in [2.75, 3.05) is 42.8 Å². The van der Waals surface area contributed by atoms with Gasteiger partial charge in [-0.2, -0.15) is 0 Å². The highest BCUT2D eigenvalue weighted by atomic mass is 79.9. The fourth-order valence-corrected chi connectivity index (χ4v) is 12.1. The highest BCUT2D eigenvalue weighted by Crippen LogP contribution is 2.44. The van der Waals surface area contributed by atoms with Gasteiger partial charge in [0.1, 0.15) is 34.9 Å². The van der Waals surface area contributed by atoms with E-state index in [2.05, 4.69) is 50.0 Å². The van der Waals surface area contributed by atoms with Crippen LogP contribution in [0.25, 0.3) is 0 Å². The maximum absolute atomic E-state index is 13.8. The van der Waals surface area contributed by atoms with Crippen molar-refractivity contribution in [1.82, 2.24) is 30.4 Å². The summed E-state index contributed by atoms with van der Waals surface area (Å²) < 4.78 is 17.2. The number of carbonyl (C=O) groups is 7. The second-order valence-electron chi connectivity index (χ2n) is 16.4. The number of aromatic nitrogens is 4. The molecule has 2 aromatic heterocycles. The van der Waals surface area contributed by atoms with Gasteiger partial charge in [-0.1, -0.05) is 101 Å². The van der Waals surface area contributed by atoms with E-state index >= 15 is 0 Å². The molecule has 0 spiro atoms. The summed E-state index contributed by atoms with van der Waals surface area (Å²) in [5.41, 5.74) is -1.49. The minimum Gasteiger partial charge on any atom is -0.464 e. The molecule has 0 bridgehead atoms. The van der Waals surface area contributed by atoms with Crippen LogP contribution < -0.4 is 5.32 Å². The molecule has 17 nitrogen and oxygen atoms in total. The lowest BCUT2D eigenvalue weighted by molar-refractivity contribution is -0.194. The van der Waals surface area contributed by atoms with Gasteiger partial charge in [0, 0.05) is 46.7 Å². The second kappa shape index (κ2) is 28.3. The van der Waals surface area contributed by atoms with Crippen LogP contribution in [0.2, 0.25) is 0 Å². The number of ether oxygens (including phenoxy) is 3. The number of hydroxylamine groups is 2. The Morgan fingerprint density at radius 2 is 1.61 bits per heavy atom. The number of thioether (sulfide) groups is 1. The van der Waals surface area contributed by atoms with Crippen molar-refractivity contribution in [1.29, 1.82) is 0 Å². The van der Waals surface area contributed by atoms with E-state index in [9.17, 15) is 33.6 Å². The van der Waals surface area contributed by atoms with Crippen LogP contribution in [-0.2, 0) is 61.0 Å². The Bertz CT molecular complexity index is 2010. The normalized spacial score (nSPS) is 15.7. The molecule has 366 valence electrons. The largest absolute Gasteiger partial charge is 0.464 e. The third-order valence-corrected chi connectivity index (χ3v) is 16.2. The van der Waals surface area contributed by atoms with E-state index in [0.29, 0.717) is 46.1 Å². The molecule has 2 aromatic rings. The van der Waals surface area contributed by atoms with Crippen LogP contribution in [0.1, 0.15) is 109 Å². The van der Waals surface area contributed by atoms with Crippen LogP contribution >= 0.6 is 70.9 Å². The average molecular weight is 1080 g/mol. The lowest BCUT2D eigenvalue weighted by Crippen LogP contribution is -2.47. The molecule has 1 N–H and O–H groups in total. The summed E-state index contributed by atoms with van der Waals surface area (Å²) in [6.07, 6.45) is 7.18. The first-order chi connectivity index (χ1) is 31.2. The summed E-state index contributed by atoms with van der Waals surface area (Å²) in [6.45, 7) is 16.9. The molecular weight excluding hydrogens is 1020 g/mol. The van der Waals surface area contributed by atoms with Crippen molar-refractivity contribution in [3.8, 4) is 0 Å². The number of rotatable bonds is 31. The van der Waals surface area contributed by atoms with Gasteiger partial charge in [-0.05, 0) is 69.4 Å². The van der Waals surface area contributed by atoms with Gasteiger partial charge in [0.2, 0.25) is 5.91 Å². The lowest BCUT2D eigenvalue weighted by Gasteiger charge is -2.38. The van der Waals surface area contributed by atoms with Crippen LogP contribution in [0.4, 0.5) is 0 Å². The molecule has 0 saturated carbocycles. The Morgan fingerprint density at radius 1 is 0.924 bits per heavy atom. The average Bonchev–Trinajstić information content (AvgIpc) is 3.83. The number of alkyl halides is 1. The molecule has 0 aliphatic carbocycles. The van der Waals surface area contributed by atoms with Gasteiger partial charge in [0.15, 0.2) is 0 Å². The van der Waals surface area contributed by atoms with E-state index in [1.807, 2.05) is 6.92 Å². The monoisotopic (exact) mass is 1080 g/mol. The number of amides is 3. The molecule has 1 fully saturated rings. The van der Waals surface area contributed by atoms with Gasteiger partial charge in [-0.25, -0.2) is 14.6 Å². The van der Waals surface area contributed by atoms with E-state index in [0.717, 1.165) is 31.4 Å². The summed E-state index contributed by atoms with van der Waals surface area (Å²) >= 11 is 4.77. The number of esters is 3. The molecule has 3 rings (SSSR count). The summed E-state index contributed by atoms with van der Waals surface area (Å²) in [5.74, 6) is -1.58. The molecule has 1 saturated heterocycles. The molecule has 66 heavy (non-hydrogen) atoms. The number of pyridine rings is 1. The Morgan fingerprint density at radius 3 is 2.30 bits per heavy atom. The SMILES string of the molecule is C=C(C)C(=O)ON1C(=O)CC(SCCn2cc(COC(=O)c3cccnc3SSCCOC(=O)C(C)(Br)CC(C)(CC(C)(C)C(=O)NCCCC)C(=O)OCCSSCCCC)nn2)C1=O. The van der Waals surface area contributed by atoms with Crippen LogP contribution in [0, 0.1) is 10.8 Å². The van der Waals surface area contributed by atoms with Crippen molar-refractivity contribution < 1.29 is 52.6 Å². The predicted molar refractivity (Wildman–Crippen MR) is 263 cm³/mol. The third-order valence-electron chi connectivity index (χ3n) is 9.66. The van der Waals surface area contributed by atoms with Crippen molar-refractivity contribution in [2.24, 2.45) is 10.8 Å². The molecule has 3 heterocycles. The molecule has 3 unspecified atom stereocenters. The van der Waals surface area contributed by atoms with Gasteiger partial charge in [0.25, 0.3) is 11.8 Å². The second-order valence-corrected chi connectivity index (χ2v) is 24.6. The number of carbonyl (C=O) groups excluding carboxylic acids is 7. The van der Waals surface area contributed by atoms with E-state index < -0.39 is 56.1 Å². The summed E-state index contributed by atoms with van der Waals surface area (Å²) in [5, 5.41) is 11.2. The molecule has 0 radical (unpaired) electrons. The van der Waals surface area contributed by atoms with Crippen molar-refractivity contribution in [3.05, 3.63) is 47.9 Å². The number of hydrogen-bond acceptors (Lipinski definition) is 19. The first-order valence-electron chi connectivity index (χ1n) is 21.5. The highest BCUT2D eigenvalue weighted by Gasteiger charge is 2.49. The molecule has 3 atom stereocenters. The van der Waals surface area contributed by atoms with Gasteiger partial charge in [-0.3, -0.25) is 28.7 Å². The van der Waals surface area contributed by atoms with Gasteiger partial charge in [0.05, 0.1) is 35.4 Å². The standard InChI is InChI=1S/C43H61BrN6O11S5/c1-9-11-15-46-38(55)41(5,6)27-42(7,39(56)58-18-22-64-63-20-12-10-2)28-43(8,44)40(57)59-19-23-65-66-34-31(14-13-16-45-34)37(54)60-26-30-25-49(48-47-30)17-21-62-32-24-33(51)50(35(32)52)61-36(53)29(3)4/h13-14,16,25,32H,3,9-12,15,17-24,26-28H2,1-2,4-8H3,(H,46,55). The van der Waals surface area contributed by atoms with Crippen LogP contribution in [0.5, 0.6) is 0 Å². The number of halogens is 1. The third kappa shape index (κ3) is 18.7. The van der Waals surface area contributed by atoms with E-state index in [1.165, 1.54) is 45.0 Å². The van der Waals surface area contributed by atoms with Crippen LogP contribution in [-0.4, -0.2) is 119 Å². The van der Waals surface area contributed by atoms with Gasteiger partial charge in [-0.15, -0.1) is 21.9 Å². The van der Waals surface area contributed by atoms with E-state index in [-0.39, 0.29) is 56.1 Å². The fourth-order valence-electron chi connectivity index (χ4n) is 6.37. The minimum atomic E-state index is -1.29. The van der Waals surface area contributed by atoms with Crippen LogP contribution in [0.15, 0.2) is 41.7 Å². The lowest BCUT2D eigenvalue weighted by atomic mass is 9.69. The highest BCUT2D eigenvalue weighted by molar-refractivity contribution is 9.10. The van der Waals surface area contributed by atoms with E-state index in [4.69, 9.17) is 19.0 Å². The maximum atomic E-state index is 13.8. The Hall–Kier alpha value is -3.25. The molecule has 0 aromatic carbocycles.